The molecule has 0 aliphatic rings. The summed E-state index contributed by atoms with van der Waals surface area (Å²) in [5.74, 6) is 0.869. The van der Waals surface area contributed by atoms with E-state index in [1.807, 2.05) is 32.0 Å². The molecule has 0 saturated heterocycles. The van der Waals surface area contributed by atoms with Crippen LogP contribution in [-0.2, 0) is 0 Å². The Balaban J connectivity index is 2.44. The van der Waals surface area contributed by atoms with E-state index in [0.29, 0.717) is 11.3 Å². The highest BCUT2D eigenvalue weighted by Gasteiger charge is 2.15. The van der Waals surface area contributed by atoms with Crippen LogP contribution in [-0.4, -0.2) is 0 Å². The van der Waals surface area contributed by atoms with E-state index in [4.69, 9.17) is 10.5 Å². The zero-order valence-corrected chi connectivity index (χ0v) is 11.4. The highest BCUT2D eigenvalue weighted by Crippen LogP contribution is 2.32. The van der Waals surface area contributed by atoms with Gasteiger partial charge < -0.3 is 10.5 Å². The first-order valence-electron chi connectivity index (χ1n) is 6.28. The molecule has 0 saturated carbocycles. The van der Waals surface area contributed by atoms with Crippen LogP contribution in [0, 0.1) is 19.7 Å². The fourth-order valence-electron chi connectivity index (χ4n) is 2.00. The number of halogens is 1. The van der Waals surface area contributed by atoms with Crippen LogP contribution in [0.15, 0.2) is 36.4 Å². The minimum atomic E-state index is -0.415. The van der Waals surface area contributed by atoms with E-state index >= 15 is 0 Å². The average Bonchev–Trinajstić information content (AvgIpc) is 2.34. The van der Waals surface area contributed by atoms with Gasteiger partial charge in [-0.2, -0.15) is 0 Å². The van der Waals surface area contributed by atoms with Crippen molar-refractivity contribution in [1.29, 1.82) is 0 Å². The molecule has 0 unspecified atom stereocenters. The molecule has 0 amide bonds. The third-order valence-electron chi connectivity index (χ3n) is 3.24. The molecule has 0 fully saturated rings. The van der Waals surface area contributed by atoms with Crippen LogP contribution in [0.25, 0.3) is 0 Å². The zero-order chi connectivity index (χ0) is 14.0. The van der Waals surface area contributed by atoms with E-state index in [2.05, 4.69) is 0 Å². The Bertz CT molecular complexity index is 593. The van der Waals surface area contributed by atoms with Gasteiger partial charge in [0.2, 0.25) is 0 Å². The number of benzene rings is 2. The van der Waals surface area contributed by atoms with Crippen molar-refractivity contribution in [3.8, 4) is 11.5 Å². The van der Waals surface area contributed by atoms with Gasteiger partial charge in [-0.15, -0.1) is 0 Å². The van der Waals surface area contributed by atoms with E-state index in [9.17, 15) is 4.39 Å². The molecule has 0 radical (unpaired) electrons. The zero-order valence-electron chi connectivity index (χ0n) is 11.4. The van der Waals surface area contributed by atoms with Crippen LogP contribution in [0.1, 0.15) is 29.7 Å². The average molecular weight is 259 g/mol. The summed E-state index contributed by atoms with van der Waals surface area (Å²) < 4.78 is 19.7. The summed E-state index contributed by atoms with van der Waals surface area (Å²) in [6.45, 7) is 5.74. The first-order valence-corrected chi connectivity index (χ1v) is 6.28. The van der Waals surface area contributed by atoms with Crippen LogP contribution in [0.3, 0.4) is 0 Å². The molecule has 2 rings (SSSR count). The number of nitrogens with two attached hydrogens (primary N) is 1. The van der Waals surface area contributed by atoms with Crippen LogP contribution in [0.2, 0.25) is 0 Å². The van der Waals surface area contributed by atoms with E-state index < -0.39 is 6.04 Å². The molecular weight excluding hydrogens is 241 g/mol. The summed E-state index contributed by atoms with van der Waals surface area (Å²) in [5, 5.41) is 0. The second-order valence-corrected chi connectivity index (χ2v) is 4.74. The SMILES string of the molecule is Cc1cccc(Oc2cccc(F)c2[C@@H](C)N)c1C. The maximum absolute atomic E-state index is 13.8. The van der Waals surface area contributed by atoms with Crippen molar-refractivity contribution in [2.45, 2.75) is 26.8 Å². The molecular formula is C16H18FNO. The lowest BCUT2D eigenvalue weighted by molar-refractivity contribution is 0.457. The lowest BCUT2D eigenvalue weighted by atomic mass is 10.1. The Morgan fingerprint density at radius 1 is 1.05 bits per heavy atom. The molecule has 0 aliphatic heterocycles. The summed E-state index contributed by atoms with van der Waals surface area (Å²) in [6, 6.07) is 10.2. The molecule has 0 bridgehead atoms. The Morgan fingerprint density at radius 2 is 1.68 bits per heavy atom. The quantitative estimate of drug-likeness (QED) is 0.894. The Hall–Kier alpha value is -1.87. The van der Waals surface area contributed by atoms with Gasteiger partial charge in [0.1, 0.15) is 17.3 Å². The van der Waals surface area contributed by atoms with Crippen LogP contribution in [0.5, 0.6) is 11.5 Å². The van der Waals surface area contributed by atoms with Crippen molar-refractivity contribution in [2.75, 3.05) is 0 Å². The van der Waals surface area contributed by atoms with Gasteiger partial charge in [0.15, 0.2) is 0 Å². The summed E-state index contributed by atoms with van der Waals surface area (Å²) in [7, 11) is 0. The second-order valence-electron chi connectivity index (χ2n) is 4.74. The molecule has 19 heavy (non-hydrogen) atoms. The molecule has 0 heterocycles. The minimum Gasteiger partial charge on any atom is -0.457 e. The van der Waals surface area contributed by atoms with Gasteiger partial charge in [-0.3, -0.25) is 0 Å². The molecule has 100 valence electrons. The van der Waals surface area contributed by atoms with Crippen LogP contribution in [0.4, 0.5) is 4.39 Å². The predicted molar refractivity (Wildman–Crippen MR) is 75.0 cm³/mol. The lowest BCUT2D eigenvalue weighted by Gasteiger charge is -2.16. The molecule has 2 aromatic carbocycles. The first-order chi connectivity index (χ1) is 9.00. The van der Waals surface area contributed by atoms with Gasteiger partial charge in [0, 0.05) is 11.6 Å². The van der Waals surface area contributed by atoms with E-state index in [1.54, 1.807) is 19.1 Å². The molecule has 0 aromatic heterocycles. The van der Waals surface area contributed by atoms with Gasteiger partial charge in [-0.1, -0.05) is 18.2 Å². The molecule has 2 aromatic rings. The number of hydrogen-bond donors (Lipinski definition) is 1. The van der Waals surface area contributed by atoms with Crippen molar-refractivity contribution in [3.63, 3.8) is 0 Å². The summed E-state index contributed by atoms with van der Waals surface area (Å²) in [6.07, 6.45) is 0. The third kappa shape index (κ3) is 2.76. The van der Waals surface area contributed by atoms with E-state index in [0.717, 1.165) is 16.9 Å². The van der Waals surface area contributed by atoms with Gasteiger partial charge in [-0.25, -0.2) is 4.39 Å². The Morgan fingerprint density at radius 3 is 2.37 bits per heavy atom. The van der Waals surface area contributed by atoms with Crippen molar-refractivity contribution in [2.24, 2.45) is 5.73 Å². The minimum absolute atomic E-state index is 0.335. The molecule has 1 atom stereocenters. The molecule has 2 N–H and O–H groups in total. The van der Waals surface area contributed by atoms with Gasteiger partial charge in [0.05, 0.1) is 0 Å². The van der Waals surface area contributed by atoms with Crippen LogP contribution < -0.4 is 10.5 Å². The highest BCUT2D eigenvalue weighted by molar-refractivity contribution is 5.44. The monoisotopic (exact) mass is 259 g/mol. The van der Waals surface area contributed by atoms with Crippen LogP contribution >= 0.6 is 0 Å². The Kier molecular flexibility index (Phi) is 3.86. The molecule has 0 spiro atoms. The number of rotatable bonds is 3. The van der Waals surface area contributed by atoms with Crippen molar-refractivity contribution < 1.29 is 9.13 Å². The predicted octanol–water partition coefficient (Wildman–Crippen LogP) is 4.25. The largest absolute Gasteiger partial charge is 0.457 e. The standard InChI is InChI=1S/C16H18FNO/c1-10-6-4-8-14(11(10)2)19-15-9-5-7-13(17)16(15)12(3)18/h4-9,12H,18H2,1-3H3/t12-/m1/s1. The Labute approximate surface area is 113 Å². The fourth-order valence-corrected chi connectivity index (χ4v) is 2.00. The third-order valence-corrected chi connectivity index (χ3v) is 3.24. The normalized spacial score (nSPS) is 12.3. The first kappa shape index (κ1) is 13.6. The van der Waals surface area contributed by atoms with Gasteiger partial charge in [0.25, 0.3) is 0 Å². The summed E-state index contributed by atoms with van der Waals surface area (Å²) in [5.41, 5.74) is 8.40. The topological polar surface area (TPSA) is 35.2 Å². The molecule has 2 nitrogen and oxygen atoms in total. The highest BCUT2D eigenvalue weighted by atomic mass is 19.1. The van der Waals surface area contributed by atoms with Gasteiger partial charge in [-0.05, 0) is 50.1 Å². The number of aryl methyl sites for hydroxylation is 1. The lowest BCUT2D eigenvalue weighted by Crippen LogP contribution is -2.09. The van der Waals surface area contributed by atoms with E-state index in [-0.39, 0.29) is 5.82 Å². The number of hydrogen-bond acceptors (Lipinski definition) is 2. The summed E-state index contributed by atoms with van der Waals surface area (Å²) >= 11 is 0. The fraction of sp³-hybridized carbons (Fsp3) is 0.250. The molecule has 0 aliphatic carbocycles. The van der Waals surface area contributed by atoms with E-state index in [1.165, 1.54) is 6.07 Å². The maximum atomic E-state index is 13.8. The second kappa shape index (κ2) is 5.41. The maximum Gasteiger partial charge on any atom is 0.135 e. The van der Waals surface area contributed by atoms with Gasteiger partial charge >= 0.3 is 0 Å². The smallest absolute Gasteiger partial charge is 0.135 e. The van der Waals surface area contributed by atoms with Crippen molar-refractivity contribution in [3.05, 3.63) is 58.9 Å². The molecule has 3 heteroatoms. The summed E-state index contributed by atoms with van der Waals surface area (Å²) in [4.78, 5) is 0. The van der Waals surface area contributed by atoms with Crippen molar-refractivity contribution >= 4 is 0 Å². The van der Waals surface area contributed by atoms with Crippen molar-refractivity contribution in [1.82, 2.24) is 0 Å². The number of ether oxygens (including phenoxy) is 1.